The van der Waals surface area contributed by atoms with Gasteiger partial charge in [0.25, 0.3) is 0 Å². The lowest BCUT2D eigenvalue weighted by molar-refractivity contribution is 0.0493. The first-order valence-corrected chi connectivity index (χ1v) is 2.97. The Morgan fingerprint density at radius 1 is 1.78 bits per heavy atom. The second kappa shape index (κ2) is 2.73. The fourth-order valence-corrected chi connectivity index (χ4v) is 0.745. The Hall–Kier alpha value is -0.700. The lowest BCUT2D eigenvalue weighted by Gasteiger charge is -2.17. The molecule has 9 heavy (non-hydrogen) atoms. The summed E-state index contributed by atoms with van der Waals surface area (Å²) in [4.78, 5) is 0. The third kappa shape index (κ3) is 1.61. The molecule has 0 aromatic heterocycles. The molecule has 52 valence electrons. The van der Waals surface area contributed by atoms with Gasteiger partial charge in [-0.2, -0.15) is 0 Å². The molecule has 2 N–H and O–H groups in total. The minimum absolute atomic E-state index is 0.0315. The number of aliphatic hydroxyl groups excluding tert-OH is 2. The van der Waals surface area contributed by atoms with E-state index in [1.807, 2.05) is 0 Å². The first-order valence-electron chi connectivity index (χ1n) is 2.97. The van der Waals surface area contributed by atoms with E-state index in [2.05, 4.69) is 0 Å². The maximum atomic E-state index is 8.78. The molecule has 1 unspecified atom stereocenters. The smallest absolute Gasteiger partial charge is 0.127 e. The van der Waals surface area contributed by atoms with E-state index in [1.165, 1.54) is 6.26 Å². The van der Waals surface area contributed by atoms with Gasteiger partial charge in [-0.15, -0.1) is 0 Å². The fourth-order valence-electron chi connectivity index (χ4n) is 0.745. The van der Waals surface area contributed by atoms with E-state index in [0.29, 0.717) is 12.8 Å². The number of hydrogen-bond acceptors (Lipinski definition) is 3. The van der Waals surface area contributed by atoms with Crippen LogP contribution in [0.15, 0.2) is 12.0 Å². The maximum absolute atomic E-state index is 8.78. The Bertz CT molecular complexity index is 119. The zero-order valence-corrected chi connectivity index (χ0v) is 5.08. The zero-order valence-electron chi connectivity index (χ0n) is 5.08. The topological polar surface area (TPSA) is 49.7 Å². The van der Waals surface area contributed by atoms with Crippen LogP contribution in [0.2, 0.25) is 0 Å². The molecule has 1 rings (SSSR count). The van der Waals surface area contributed by atoms with Crippen molar-refractivity contribution >= 4 is 0 Å². The van der Waals surface area contributed by atoms with Crippen molar-refractivity contribution in [1.29, 1.82) is 0 Å². The molecule has 1 aliphatic heterocycles. The molecule has 0 saturated heterocycles. The van der Waals surface area contributed by atoms with Gasteiger partial charge in [-0.3, -0.25) is 0 Å². The second-order valence-corrected chi connectivity index (χ2v) is 2.09. The second-order valence-electron chi connectivity index (χ2n) is 2.09. The number of aliphatic hydroxyl groups is 2. The molecule has 0 amide bonds. The number of allylic oxidation sites excluding steroid dienone is 1. The highest BCUT2D eigenvalue weighted by molar-refractivity contribution is 4.90. The molecule has 0 bridgehead atoms. The van der Waals surface area contributed by atoms with Crippen LogP contribution < -0.4 is 0 Å². The molecule has 0 spiro atoms. The summed E-state index contributed by atoms with van der Waals surface area (Å²) in [6.07, 6.45) is 2.51. The molecular weight excluding hydrogens is 120 g/mol. The van der Waals surface area contributed by atoms with Crippen molar-refractivity contribution in [2.24, 2.45) is 0 Å². The third-order valence-corrected chi connectivity index (χ3v) is 1.32. The average Bonchev–Trinajstić information content (AvgIpc) is 1.90. The van der Waals surface area contributed by atoms with Gasteiger partial charge in [0, 0.05) is 6.42 Å². The molecule has 3 nitrogen and oxygen atoms in total. The summed E-state index contributed by atoms with van der Waals surface area (Å²) in [6, 6.07) is 0. The Labute approximate surface area is 53.6 Å². The van der Waals surface area contributed by atoms with Crippen LogP contribution in [0.5, 0.6) is 0 Å². The Balaban J connectivity index is 2.36. The molecule has 0 radical (unpaired) electrons. The van der Waals surface area contributed by atoms with Gasteiger partial charge < -0.3 is 14.9 Å². The predicted molar refractivity (Wildman–Crippen MR) is 31.9 cm³/mol. The number of ether oxygens (including phenoxy) is 1. The molecule has 0 saturated carbocycles. The average molecular weight is 130 g/mol. The molecule has 1 heterocycles. The predicted octanol–water partition coefficient (Wildman–Crippen LogP) is 0.557. The van der Waals surface area contributed by atoms with Crippen LogP contribution in [0.1, 0.15) is 12.8 Å². The van der Waals surface area contributed by atoms with Crippen molar-refractivity contribution in [3.05, 3.63) is 12.0 Å². The SMILES string of the molecule is OCC1CCC(O)=CO1. The van der Waals surface area contributed by atoms with Gasteiger partial charge in [0.1, 0.15) is 18.1 Å². The highest BCUT2D eigenvalue weighted by Crippen LogP contribution is 2.13. The van der Waals surface area contributed by atoms with Gasteiger partial charge in [-0.1, -0.05) is 0 Å². The molecule has 0 fully saturated rings. The van der Waals surface area contributed by atoms with Crippen molar-refractivity contribution in [2.75, 3.05) is 6.61 Å². The van der Waals surface area contributed by atoms with Crippen molar-refractivity contribution in [3.8, 4) is 0 Å². The van der Waals surface area contributed by atoms with E-state index < -0.39 is 0 Å². The fraction of sp³-hybridized carbons (Fsp3) is 0.667. The molecule has 1 atom stereocenters. The summed E-state index contributed by atoms with van der Waals surface area (Å²) < 4.78 is 4.88. The zero-order chi connectivity index (χ0) is 6.69. The van der Waals surface area contributed by atoms with Crippen LogP contribution in [0.25, 0.3) is 0 Å². The van der Waals surface area contributed by atoms with E-state index in [0.717, 1.165) is 0 Å². The maximum Gasteiger partial charge on any atom is 0.127 e. The molecule has 0 aliphatic carbocycles. The number of hydrogen-bond donors (Lipinski definition) is 2. The van der Waals surface area contributed by atoms with E-state index in [9.17, 15) is 0 Å². The molecule has 0 aromatic rings. The molecular formula is C6H10O3. The summed E-state index contributed by atoms with van der Waals surface area (Å²) in [5.41, 5.74) is 0. The van der Waals surface area contributed by atoms with Gasteiger partial charge in [-0.05, 0) is 6.42 Å². The lowest BCUT2D eigenvalue weighted by Crippen LogP contribution is -2.18. The highest BCUT2D eigenvalue weighted by Gasteiger charge is 2.12. The highest BCUT2D eigenvalue weighted by atomic mass is 16.5. The van der Waals surface area contributed by atoms with Crippen LogP contribution in [-0.4, -0.2) is 22.9 Å². The normalized spacial score (nSPS) is 26.8. The first-order chi connectivity index (χ1) is 4.33. The van der Waals surface area contributed by atoms with Gasteiger partial charge >= 0.3 is 0 Å². The number of rotatable bonds is 1. The largest absolute Gasteiger partial charge is 0.509 e. The van der Waals surface area contributed by atoms with Crippen LogP contribution in [0.3, 0.4) is 0 Å². The summed E-state index contributed by atoms with van der Waals surface area (Å²) in [7, 11) is 0. The van der Waals surface area contributed by atoms with Gasteiger partial charge in [0.2, 0.25) is 0 Å². The van der Waals surface area contributed by atoms with Gasteiger partial charge in [0.15, 0.2) is 0 Å². The monoisotopic (exact) mass is 130 g/mol. The minimum atomic E-state index is -0.110. The summed E-state index contributed by atoms with van der Waals surface area (Å²) >= 11 is 0. The summed E-state index contributed by atoms with van der Waals surface area (Å²) in [5, 5.41) is 17.3. The van der Waals surface area contributed by atoms with Crippen molar-refractivity contribution in [3.63, 3.8) is 0 Å². The van der Waals surface area contributed by atoms with Crippen molar-refractivity contribution in [2.45, 2.75) is 18.9 Å². The van der Waals surface area contributed by atoms with Crippen LogP contribution in [0.4, 0.5) is 0 Å². The van der Waals surface area contributed by atoms with Gasteiger partial charge in [-0.25, -0.2) is 0 Å². The van der Waals surface area contributed by atoms with E-state index in [1.54, 1.807) is 0 Å². The van der Waals surface area contributed by atoms with E-state index >= 15 is 0 Å². The Morgan fingerprint density at radius 2 is 2.56 bits per heavy atom. The van der Waals surface area contributed by atoms with E-state index in [-0.39, 0.29) is 18.5 Å². The standard InChI is InChI=1S/C6H10O3/c7-3-6-2-1-5(8)4-9-6/h4,6-8H,1-3H2. The summed E-state index contributed by atoms with van der Waals surface area (Å²) in [5.74, 6) is 0.264. The molecule has 0 aromatic carbocycles. The van der Waals surface area contributed by atoms with Crippen LogP contribution in [0, 0.1) is 0 Å². The van der Waals surface area contributed by atoms with Crippen LogP contribution >= 0.6 is 0 Å². The van der Waals surface area contributed by atoms with E-state index in [4.69, 9.17) is 14.9 Å². The van der Waals surface area contributed by atoms with Gasteiger partial charge in [0.05, 0.1) is 6.61 Å². The minimum Gasteiger partial charge on any atom is -0.509 e. The van der Waals surface area contributed by atoms with Crippen molar-refractivity contribution < 1.29 is 14.9 Å². The van der Waals surface area contributed by atoms with Crippen LogP contribution in [-0.2, 0) is 4.74 Å². The lowest BCUT2D eigenvalue weighted by atomic mass is 10.1. The van der Waals surface area contributed by atoms with Crippen molar-refractivity contribution in [1.82, 2.24) is 0 Å². The molecule has 3 heteroatoms. The molecule has 1 aliphatic rings. The summed E-state index contributed by atoms with van der Waals surface area (Å²) in [6.45, 7) is 0.0315. The first kappa shape index (κ1) is 6.42. The Kier molecular flexibility index (Phi) is 1.95. The Morgan fingerprint density at radius 3 is 3.00 bits per heavy atom. The third-order valence-electron chi connectivity index (χ3n) is 1.32. The quantitative estimate of drug-likeness (QED) is 0.545.